The van der Waals surface area contributed by atoms with E-state index in [2.05, 4.69) is 4.72 Å². The van der Waals surface area contributed by atoms with Gasteiger partial charge in [-0.15, -0.1) is 0 Å². The molecule has 1 aromatic carbocycles. The van der Waals surface area contributed by atoms with Crippen molar-refractivity contribution in [1.82, 2.24) is 14.2 Å². The van der Waals surface area contributed by atoms with Gasteiger partial charge in [0.25, 0.3) is 5.91 Å². The smallest absolute Gasteiger partial charge is 0.256 e. The van der Waals surface area contributed by atoms with E-state index >= 15 is 0 Å². The molecule has 7 heteroatoms. The summed E-state index contributed by atoms with van der Waals surface area (Å²) in [5, 5.41) is 0.960. The zero-order valence-corrected chi connectivity index (χ0v) is 14.8. The largest absolute Gasteiger partial charge is 0.350 e. The SMILES string of the molecule is Cn1cc(C(=O)N2CCC[C@@H](CNS(C)(=O)=O)C2)c2ccccc21. The van der Waals surface area contributed by atoms with E-state index in [1.54, 1.807) is 0 Å². The number of aryl methyl sites for hydroxylation is 1. The monoisotopic (exact) mass is 349 g/mol. The lowest BCUT2D eigenvalue weighted by Crippen LogP contribution is -2.43. The number of sulfonamides is 1. The predicted molar refractivity (Wildman–Crippen MR) is 94.4 cm³/mol. The van der Waals surface area contributed by atoms with E-state index in [9.17, 15) is 13.2 Å². The van der Waals surface area contributed by atoms with Crippen LogP contribution in [-0.4, -0.2) is 49.7 Å². The number of nitrogens with one attached hydrogen (secondary N) is 1. The van der Waals surface area contributed by atoms with Crippen molar-refractivity contribution < 1.29 is 13.2 Å². The van der Waals surface area contributed by atoms with E-state index in [0.29, 0.717) is 18.7 Å². The summed E-state index contributed by atoms with van der Waals surface area (Å²) in [5.41, 5.74) is 1.75. The second-order valence-electron chi connectivity index (χ2n) is 6.55. The first-order valence-electron chi connectivity index (χ1n) is 8.13. The van der Waals surface area contributed by atoms with E-state index in [1.165, 1.54) is 0 Å². The first kappa shape index (κ1) is 17.0. The zero-order chi connectivity index (χ0) is 17.3. The number of likely N-dealkylation sites (tertiary alicyclic amines) is 1. The third-order valence-corrected chi connectivity index (χ3v) is 5.26. The molecule has 1 fully saturated rings. The van der Waals surface area contributed by atoms with Gasteiger partial charge in [0.15, 0.2) is 0 Å². The number of fused-ring (bicyclic) bond motifs is 1. The third-order valence-electron chi connectivity index (χ3n) is 4.57. The molecule has 0 spiro atoms. The highest BCUT2D eigenvalue weighted by molar-refractivity contribution is 7.88. The number of carbonyl (C=O) groups excluding carboxylic acids is 1. The molecular weight excluding hydrogens is 326 g/mol. The second-order valence-corrected chi connectivity index (χ2v) is 8.38. The Bertz CT molecular complexity index is 857. The van der Waals surface area contributed by atoms with Crippen LogP contribution in [0.2, 0.25) is 0 Å². The van der Waals surface area contributed by atoms with Gasteiger partial charge in [-0.25, -0.2) is 13.1 Å². The van der Waals surface area contributed by atoms with Crippen LogP contribution in [0.4, 0.5) is 0 Å². The molecule has 1 amide bonds. The van der Waals surface area contributed by atoms with Crippen molar-refractivity contribution in [2.24, 2.45) is 13.0 Å². The normalized spacial score (nSPS) is 18.9. The lowest BCUT2D eigenvalue weighted by atomic mass is 9.97. The van der Waals surface area contributed by atoms with Crippen molar-refractivity contribution in [1.29, 1.82) is 0 Å². The van der Waals surface area contributed by atoms with E-state index < -0.39 is 10.0 Å². The fourth-order valence-electron chi connectivity index (χ4n) is 3.37. The first-order valence-corrected chi connectivity index (χ1v) is 10.0. The lowest BCUT2D eigenvalue weighted by molar-refractivity contribution is 0.0678. The summed E-state index contributed by atoms with van der Waals surface area (Å²) >= 11 is 0. The van der Waals surface area contributed by atoms with Crippen molar-refractivity contribution in [2.75, 3.05) is 25.9 Å². The molecule has 0 unspecified atom stereocenters. The molecule has 1 N–H and O–H groups in total. The number of para-hydroxylation sites is 1. The number of rotatable bonds is 4. The van der Waals surface area contributed by atoms with Crippen LogP contribution < -0.4 is 4.72 Å². The lowest BCUT2D eigenvalue weighted by Gasteiger charge is -2.32. The summed E-state index contributed by atoms with van der Waals surface area (Å²) in [6.07, 6.45) is 4.87. The average Bonchev–Trinajstić information content (AvgIpc) is 2.89. The summed E-state index contributed by atoms with van der Waals surface area (Å²) < 4.78 is 27.1. The molecule has 1 aliphatic rings. The van der Waals surface area contributed by atoms with Crippen LogP contribution in [0.15, 0.2) is 30.5 Å². The van der Waals surface area contributed by atoms with E-state index in [1.807, 2.05) is 47.0 Å². The molecule has 0 saturated carbocycles. The van der Waals surface area contributed by atoms with Crippen LogP contribution in [-0.2, 0) is 17.1 Å². The Morgan fingerprint density at radius 3 is 2.83 bits per heavy atom. The summed E-state index contributed by atoms with van der Waals surface area (Å²) in [6, 6.07) is 7.87. The molecule has 0 aliphatic carbocycles. The Hall–Kier alpha value is -1.86. The standard InChI is InChI=1S/C17H23N3O3S/c1-19-12-15(14-7-3-4-8-16(14)19)17(21)20-9-5-6-13(11-20)10-18-24(2,22)23/h3-4,7-8,12-13,18H,5-6,9-11H2,1-2H3/t13-/m0/s1. The molecule has 6 nitrogen and oxygen atoms in total. The fraction of sp³-hybridized carbons (Fsp3) is 0.471. The second kappa shape index (κ2) is 6.57. The highest BCUT2D eigenvalue weighted by Crippen LogP contribution is 2.24. The number of piperidine rings is 1. The van der Waals surface area contributed by atoms with Gasteiger partial charge in [0.2, 0.25) is 10.0 Å². The van der Waals surface area contributed by atoms with Gasteiger partial charge in [0.05, 0.1) is 11.8 Å². The molecule has 24 heavy (non-hydrogen) atoms. The van der Waals surface area contributed by atoms with Crippen LogP contribution >= 0.6 is 0 Å². The maximum Gasteiger partial charge on any atom is 0.256 e. The van der Waals surface area contributed by atoms with Crippen molar-refractivity contribution >= 4 is 26.8 Å². The quantitative estimate of drug-likeness (QED) is 0.911. The maximum atomic E-state index is 12.9. The van der Waals surface area contributed by atoms with Gasteiger partial charge in [-0.3, -0.25) is 4.79 Å². The number of nitrogens with zero attached hydrogens (tertiary/aromatic N) is 2. The Morgan fingerprint density at radius 1 is 1.33 bits per heavy atom. The highest BCUT2D eigenvalue weighted by Gasteiger charge is 2.26. The van der Waals surface area contributed by atoms with Gasteiger partial charge in [-0.2, -0.15) is 0 Å². The number of carbonyl (C=O) groups is 1. The Labute approximate surface area is 142 Å². The Balaban J connectivity index is 1.76. The molecule has 2 aromatic rings. The Kier molecular flexibility index (Phi) is 4.64. The minimum Gasteiger partial charge on any atom is -0.350 e. The van der Waals surface area contributed by atoms with Crippen molar-refractivity contribution in [3.8, 4) is 0 Å². The number of benzene rings is 1. The van der Waals surface area contributed by atoms with E-state index in [4.69, 9.17) is 0 Å². The molecule has 1 saturated heterocycles. The van der Waals surface area contributed by atoms with Crippen LogP contribution in [0.3, 0.4) is 0 Å². The van der Waals surface area contributed by atoms with Crippen LogP contribution in [0.5, 0.6) is 0 Å². The molecular formula is C17H23N3O3S. The molecule has 2 heterocycles. The number of hydrogen-bond donors (Lipinski definition) is 1. The van der Waals surface area contributed by atoms with Gasteiger partial charge in [0.1, 0.15) is 0 Å². The van der Waals surface area contributed by atoms with Crippen LogP contribution in [0.25, 0.3) is 10.9 Å². The first-order chi connectivity index (χ1) is 11.3. The van der Waals surface area contributed by atoms with Gasteiger partial charge in [0, 0.05) is 43.8 Å². The van der Waals surface area contributed by atoms with Crippen LogP contribution in [0, 0.1) is 5.92 Å². The number of hydrogen-bond acceptors (Lipinski definition) is 3. The summed E-state index contributed by atoms with van der Waals surface area (Å²) in [4.78, 5) is 14.8. The third kappa shape index (κ3) is 3.62. The summed E-state index contributed by atoms with van der Waals surface area (Å²) in [5.74, 6) is 0.184. The maximum absolute atomic E-state index is 12.9. The average molecular weight is 349 g/mol. The molecule has 130 valence electrons. The fourth-order valence-corrected chi connectivity index (χ4v) is 3.91. The molecule has 0 radical (unpaired) electrons. The summed E-state index contributed by atoms with van der Waals surface area (Å²) in [6.45, 7) is 1.69. The highest BCUT2D eigenvalue weighted by atomic mass is 32.2. The van der Waals surface area contributed by atoms with Crippen molar-refractivity contribution in [3.05, 3.63) is 36.0 Å². The molecule has 3 rings (SSSR count). The molecule has 1 atom stereocenters. The van der Waals surface area contributed by atoms with Gasteiger partial charge in [-0.1, -0.05) is 18.2 Å². The minimum atomic E-state index is -3.20. The van der Waals surface area contributed by atoms with E-state index in [0.717, 1.165) is 36.5 Å². The van der Waals surface area contributed by atoms with E-state index in [-0.39, 0.29) is 11.8 Å². The van der Waals surface area contributed by atoms with Crippen molar-refractivity contribution in [2.45, 2.75) is 12.8 Å². The topological polar surface area (TPSA) is 71.4 Å². The molecule has 0 bridgehead atoms. The predicted octanol–water partition coefficient (Wildman–Crippen LogP) is 1.58. The van der Waals surface area contributed by atoms with Crippen LogP contribution in [0.1, 0.15) is 23.2 Å². The van der Waals surface area contributed by atoms with Gasteiger partial charge >= 0.3 is 0 Å². The number of aromatic nitrogens is 1. The number of amides is 1. The summed E-state index contributed by atoms with van der Waals surface area (Å²) in [7, 11) is -1.26. The zero-order valence-electron chi connectivity index (χ0n) is 14.0. The van der Waals surface area contributed by atoms with Gasteiger partial charge < -0.3 is 9.47 Å². The minimum absolute atomic E-state index is 0.0239. The Morgan fingerprint density at radius 2 is 2.08 bits per heavy atom. The molecule has 1 aliphatic heterocycles. The van der Waals surface area contributed by atoms with Gasteiger partial charge in [-0.05, 0) is 24.8 Å². The molecule has 1 aromatic heterocycles. The van der Waals surface area contributed by atoms with Crippen molar-refractivity contribution in [3.63, 3.8) is 0 Å².